The van der Waals surface area contributed by atoms with Gasteiger partial charge < -0.3 is 5.73 Å². The lowest BCUT2D eigenvalue weighted by atomic mass is 9.96. The van der Waals surface area contributed by atoms with E-state index < -0.39 is 0 Å². The predicted molar refractivity (Wildman–Crippen MR) is 87.2 cm³/mol. The van der Waals surface area contributed by atoms with Crippen LogP contribution in [0.25, 0.3) is 0 Å². The summed E-state index contributed by atoms with van der Waals surface area (Å²) in [6.07, 6.45) is 0. The Balaban J connectivity index is 3.14. The molecule has 3 heteroatoms. The lowest BCUT2D eigenvalue weighted by Gasteiger charge is -2.39. The molecule has 1 aromatic carbocycles. The van der Waals surface area contributed by atoms with Gasteiger partial charge in [-0.1, -0.05) is 48.0 Å². The minimum absolute atomic E-state index is 0.0971. The fourth-order valence-corrected chi connectivity index (χ4v) is 3.07. The Bertz CT molecular complexity index is 388. The molecule has 1 aromatic rings. The Morgan fingerprint density at radius 3 is 2.11 bits per heavy atom. The Hall–Kier alpha value is -0.380. The molecule has 0 heterocycles. The summed E-state index contributed by atoms with van der Waals surface area (Å²) >= 11 is 3.67. The monoisotopic (exact) mass is 326 g/mol. The van der Waals surface area contributed by atoms with Crippen molar-refractivity contribution in [3.05, 3.63) is 34.3 Å². The van der Waals surface area contributed by atoms with Crippen molar-refractivity contribution in [3.8, 4) is 0 Å². The van der Waals surface area contributed by atoms with Gasteiger partial charge in [-0.3, -0.25) is 4.90 Å². The van der Waals surface area contributed by atoms with Crippen molar-refractivity contribution in [2.45, 2.75) is 52.7 Å². The molecule has 0 spiro atoms. The Morgan fingerprint density at radius 1 is 1.11 bits per heavy atom. The number of hydrogen-bond donors (Lipinski definition) is 1. The molecule has 0 fully saturated rings. The minimum atomic E-state index is 0.0971. The Kier molecular flexibility index (Phi) is 6.51. The standard InChI is InChI=1S/C16H27BrN2/c1-11(2)10-19(12(3)4)16(13(5)18)14-8-6-7-9-15(14)17/h6-9,11-13,16H,10,18H2,1-5H3. The summed E-state index contributed by atoms with van der Waals surface area (Å²) in [5.74, 6) is 0.631. The van der Waals surface area contributed by atoms with Crippen LogP contribution in [0.3, 0.4) is 0 Å². The maximum atomic E-state index is 6.29. The largest absolute Gasteiger partial charge is 0.326 e. The third kappa shape index (κ3) is 4.59. The van der Waals surface area contributed by atoms with Gasteiger partial charge in [-0.05, 0) is 38.3 Å². The van der Waals surface area contributed by atoms with Gasteiger partial charge >= 0.3 is 0 Å². The molecule has 0 aliphatic rings. The molecule has 0 saturated carbocycles. The highest BCUT2D eigenvalue weighted by Crippen LogP contribution is 2.31. The van der Waals surface area contributed by atoms with Crippen LogP contribution in [0.15, 0.2) is 28.7 Å². The van der Waals surface area contributed by atoms with Crippen molar-refractivity contribution in [3.63, 3.8) is 0 Å². The maximum Gasteiger partial charge on any atom is 0.0510 e. The van der Waals surface area contributed by atoms with E-state index in [-0.39, 0.29) is 12.1 Å². The Labute approximate surface area is 126 Å². The quantitative estimate of drug-likeness (QED) is 0.848. The van der Waals surface area contributed by atoms with Crippen molar-refractivity contribution >= 4 is 15.9 Å². The molecule has 2 unspecified atom stereocenters. The number of nitrogens with two attached hydrogens (primary N) is 1. The molecular weight excluding hydrogens is 300 g/mol. The topological polar surface area (TPSA) is 29.3 Å². The van der Waals surface area contributed by atoms with Crippen molar-refractivity contribution in [2.24, 2.45) is 11.7 Å². The van der Waals surface area contributed by atoms with E-state index in [4.69, 9.17) is 5.73 Å². The van der Waals surface area contributed by atoms with Gasteiger partial charge in [0.2, 0.25) is 0 Å². The molecular formula is C16H27BrN2. The van der Waals surface area contributed by atoms with Gasteiger partial charge in [0.1, 0.15) is 0 Å². The zero-order chi connectivity index (χ0) is 14.6. The summed E-state index contributed by atoms with van der Waals surface area (Å²) in [6, 6.07) is 9.23. The van der Waals surface area contributed by atoms with Crippen LogP contribution in [0.4, 0.5) is 0 Å². The van der Waals surface area contributed by atoms with E-state index in [1.165, 1.54) is 5.56 Å². The first-order valence-electron chi connectivity index (χ1n) is 7.10. The van der Waals surface area contributed by atoms with E-state index in [0.717, 1.165) is 11.0 Å². The third-order valence-electron chi connectivity index (χ3n) is 3.32. The Morgan fingerprint density at radius 2 is 1.68 bits per heavy atom. The molecule has 0 bridgehead atoms. The molecule has 0 saturated heterocycles. The molecule has 2 N–H and O–H groups in total. The van der Waals surface area contributed by atoms with Crippen molar-refractivity contribution in [1.82, 2.24) is 4.90 Å². The van der Waals surface area contributed by atoms with E-state index >= 15 is 0 Å². The van der Waals surface area contributed by atoms with Crippen LogP contribution in [-0.2, 0) is 0 Å². The summed E-state index contributed by atoms with van der Waals surface area (Å²) in [5.41, 5.74) is 7.57. The highest BCUT2D eigenvalue weighted by Gasteiger charge is 2.27. The first-order chi connectivity index (χ1) is 8.84. The van der Waals surface area contributed by atoms with Crippen LogP contribution in [0.1, 0.15) is 46.2 Å². The summed E-state index contributed by atoms with van der Waals surface area (Å²) in [7, 11) is 0. The fourth-order valence-electron chi connectivity index (χ4n) is 2.55. The number of halogens is 1. The van der Waals surface area contributed by atoms with E-state index in [1.54, 1.807) is 0 Å². The summed E-state index contributed by atoms with van der Waals surface area (Å²) < 4.78 is 1.15. The summed E-state index contributed by atoms with van der Waals surface area (Å²) in [4.78, 5) is 2.51. The first kappa shape index (κ1) is 16.7. The molecule has 0 aliphatic heterocycles. The zero-order valence-corrected chi connectivity index (χ0v) is 14.3. The average molecular weight is 327 g/mol. The predicted octanol–water partition coefficient (Wildman–Crippen LogP) is 4.20. The van der Waals surface area contributed by atoms with Crippen LogP contribution in [0.2, 0.25) is 0 Å². The maximum absolute atomic E-state index is 6.29. The van der Waals surface area contributed by atoms with Crippen LogP contribution >= 0.6 is 15.9 Å². The summed E-state index contributed by atoms with van der Waals surface area (Å²) in [5, 5.41) is 0. The van der Waals surface area contributed by atoms with Crippen LogP contribution in [-0.4, -0.2) is 23.5 Å². The van der Waals surface area contributed by atoms with E-state index in [9.17, 15) is 0 Å². The van der Waals surface area contributed by atoms with E-state index in [1.807, 2.05) is 6.07 Å². The van der Waals surface area contributed by atoms with E-state index in [0.29, 0.717) is 12.0 Å². The van der Waals surface area contributed by atoms with Crippen LogP contribution < -0.4 is 5.73 Å². The molecule has 2 atom stereocenters. The molecule has 2 nitrogen and oxygen atoms in total. The molecule has 0 aliphatic carbocycles. The molecule has 1 rings (SSSR count). The molecule has 0 amide bonds. The van der Waals surface area contributed by atoms with Gasteiger partial charge in [-0.2, -0.15) is 0 Å². The lowest BCUT2D eigenvalue weighted by Crippen LogP contribution is -2.45. The average Bonchev–Trinajstić information content (AvgIpc) is 2.29. The SMILES string of the molecule is CC(C)CN(C(C)C)C(c1ccccc1Br)C(C)N. The van der Waals surface area contributed by atoms with Crippen LogP contribution in [0.5, 0.6) is 0 Å². The normalized spacial score (nSPS) is 15.3. The smallest absolute Gasteiger partial charge is 0.0510 e. The lowest BCUT2D eigenvalue weighted by molar-refractivity contribution is 0.119. The van der Waals surface area contributed by atoms with Gasteiger partial charge in [0.25, 0.3) is 0 Å². The van der Waals surface area contributed by atoms with Gasteiger partial charge in [-0.25, -0.2) is 0 Å². The highest BCUT2D eigenvalue weighted by molar-refractivity contribution is 9.10. The summed E-state index contributed by atoms with van der Waals surface area (Å²) in [6.45, 7) is 12.2. The van der Waals surface area contributed by atoms with Gasteiger partial charge in [0.15, 0.2) is 0 Å². The van der Waals surface area contributed by atoms with Gasteiger partial charge in [0.05, 0.1) is 6.04 Å². The highest BCUT2D eigenvalue weighted by atomic mass is 79.9. The molecule has 0 aromatic heterocycles. The second-order valence-electron chi connectivity index (χ2n) is 6.01. The second kappa shape index (κ2) is 7.41. The van der Waals surface area contributed by atoms with Gasteiger partial charge in [-0.15, -0.1) is 0 Å². The third-order valence-corrected chi connectivity index (χ3v) is 4.04. The number of rotatable bonds is 6. The second-order valence-corrected chi connectivity index (χ2v) is 6.86. The minimum Gasteiger partial charge on any atom is -0.326 e. The molecule has 108 valence electrons. The number of nitrogens with zero attached hydrogens (tertiary/aromatic N) is 1. The van der Waals surface area contributed by atoms with Crippen molar-refractivity contribution < 1.29 is 0 Å². The first-order valence-corrected chi connectivity index (χ1v) is 7.89. The fraction of sp³-hybridized carbons (Fsp3) is 0.625. The van der Waals surface area contributed by atoms with Crippen molar-refractivity contribution in [1.29, 1.82) is 0 Å². The van der Waals surface area contributed by atoms with E-state index in [2.05, 4.69) is 73.6 Å². The zero-order valence-electron chi connectivity index (χ0n) is 12.7. The molecule has 0 radical (unpaired) electrons. The van der Waals surface area contributed by atoms with Crippen LogP contribution in [0, 0.1) is 5.92 Å². The molecule has 19 heavy (non-hydrogen) atoms. The van der Waals surface area contributed by atoms with Crippen molar-refractivity contribution in [2.75, 3.05) is 6.54 Å². The number of benzene rings is 1. The van der Waals surface area contributed by atoms with Gasteiger partial charge in [0, 0.05) is 23.1 Å². The number of hydrogen-bond acceptors (Lipinski definition) is 2.